The minimum Gasteiger partial charge on any atom is -0.340 e. The van der Waals surface area contributed by atoms with E-state index < -0.39 is 0 Å². The number of benzene rings is 1. The first-order chi connectivity index (χ1) is 13.0. The van der Waals surface area contributed by atoms with Crippen LogP contribution in [-0.4, -0.2) is 71.0 Å². The third kappa shape index (κ3) is 4.61. The smallest absolute Gasteiger partial charge is 0.236 e. The van der Waals surface area contributed by atoms with Crippen molar-refractivity contribution in [2.75, 3.05) is 39.3 Å². The van der Waals surface area contributed by atoms with Crippen LogP contribution < -0.4 is 0 Å². The lowest BCUT2D eigenvalue weighted by Gasteiger charge is -2.36. The molecule has 2 atom stereocenters. The van der Waals surface area contributed by atoms with Gasteiger partial charge in [0.15, 0.2) is 0 Å². The molecule has 5 nitrogen and oxygen atoms in total. The van der Waals surface area contributed by atoms with E-state index in [0.717, 1.165) is 49.7 Å². The van der Waals surface area contributed by atoms with Crippen molar-refractivity contribution in [2.45, 2.75) is 37.3 Å². The Kier molecular flexibility index (Phi) is 7.06. The molecule has 2 aliphatic rings. The van der Waals surface area contributed by atoms with Crippen molar-refractivity contribution in [2.24, 2.45) is 0 Å². The first-order valence-corrected chi connectivity index (χ1v) is 11.1. The van der Waals surface area contributed by atoms with E-state index in [4.69, 9.17) is 11.6 Å². The van der Waals surface area contributed by atoms with Crippen LogP contribution >= 0.6 is 23.4 Å². The Bertz CT molecular complexity index is 679. The highest BCUT2D eigenvalue weighted by atomic mass is 35.5. The van der Waals surface area contributed by atoms with E-state index in [1.54, 1.807) is 11.8 Å². The highest BCUT2D eigenvalue weighted by Crippen LogP contribution is 2.45. The average molecular weight is 410 g/mol. The minimum atomic E-state index is -0.0147. The van der Waals surface area contributed by atoms with Crippen LogP contribution in [0.15, 0.2) is 24.3 Å². The number of piperazine rings is 1. The van der Waals surface area contributed by atoms with E-state index >= 15 is 0 Å². The molecule has 0 radical (unpaired) electrons. The molecule has 3 rings (SSSR count). The van der Waals surface area contributed by atoms with Gasteiger partial charge in [0, 0.05) is 56.3 Å². The summed E-state index contributed by atoms with van der Waals surface area (Å²) in [5.74, 6) is 0.442. The maximum Gasteiger partial charge on any atom is 0.236 e. The van der Waals surface area contributed by atoms with Crippen molar-refractivity contribution < 1.29 is 9.59 Å². The predicted molar refractivity (Wildman–Crippen MR) is 111 cm³/mol. The summed E-state index contributed by atoms with van der Waals surface area (Å²) in [7, 11) is 0. The molecule has 7 heteroatoms. The van der Waals surface area contributed by atoms with Gasteiger partial charge in [-0.05, 0) is 12.5 Å². The quantitative estimate of drug-likeness (QED) is 0.723. The highest BCUT2D eigenvalue weighted by molar-refractivity contribution is 8.01. The molecule has 1 aromatic carbocycles. The first kappa shape index (κ1) is 20.5. The zero-order chi connectivity index (χ0) is 19.4. The third-order valence-corrected chi connectivity index (χ3v) is 7.34. The SMILES string of the molecule is CCC(=O)N1CCN(CCN2C(=O)[C@H](CC)S[C@H]2c2ccccc2Cl)CC1. The largest absolute Gasteiger partial charge is 0.340 e. The van der Waals surface area contributed by atoms with Gasteiger partial charge in [-0.15, -0.1) is 11.8 Å². The number of hydrogen-bond donors (Lipinski definition) is 0. The molecule has 0 aromatic heterocycles. The van der Waals surface area contributed by atoms with Gasteiger partial charge in [0.05, 0.1) is 5.25 Å². The molecule has 1 aromatic rings. The number of thioether (sulfide) groups is 1. The Morgan fingerprint density at radius 2 is 1.85 bits per heavy atom. The summed E-state index contributed by atoms with van der Waals surface area (Å²) in [5.41, 5.74) is 1.02. The van der Waals surface area contributed by atoms with Crippen molar-refractivity contribution in [3.05, 3.63) is 34.9 Å². The number of rotatable bonds is 6. The minimum absolute atomic E-state index is 0.00490. The molecule has 0 N–H and O–H groups in total. The zero-order valence-electron chi connectivity index (χ0n) is 16.1. The maximum absolute atomic E-state index is 12.9. The van der Waals surface area contributed by atoms with Crippen LogP contribution in [0.25, 0.3) is 0 Å². The van der Waals surface area contributed by atoms with Crippen molar-refractivity contribution in [1.29, 1.82) is 0 Å². The average Bonchev–Trinajstić information content (AvgIpc) is 3.02. The molecular weight excluding hydrogens is 382 g/mol. The van der Waals surface area contributed by atoms with Crippen LogP contribution in [0.5, 0.6) is 0 Å². The molecule has 2 fully saturated rings. The number of carbonyl (C=O) groups is 2. The van der Waals surface area contributed by atoms with Crippen molar-refractivity contribution in [3.63, 3.8) is 0 Å². The summed E-state index contributed by atoms with van der Waals surface area (Å²) in [5, 5.41) is 0.709. The summed E-state index contributed by atoms with van der Waals surface area (Å²) in [6.07, 6.45) is 1.40. The first-order valence-electron chi connectivity index (χ1n) is 9.75. The summed E-state index contributed by atoms with van der Waals surface area (Å²) >= 11 is 8.13. The van der Waals surface area contributed by atoms with E-state index in [-0.39, 0.29) is 22.4 Å². The van der Waals surface area contributed by atoms with Gasteiger partial charge in [-0.3, -0.25) is 14.5 Å². The Balaban J connectivity index is 1.63. The van der Waals surface area contributed by atoms with Gasteiger partial charge in [-0.2, -0.15) is 0 Å². The summed E-state index contributed by atoms with van der Waals surface area (Å²) in [4.78, 5) is 31.0. The van der Waals surface area contributed by atoms with Gasteiger partial charge >= 0.3 is 0 Å². The number of amides is 2. The molecule has 0 aliphatic carbocycles. The Morgan fingerprint density at radius 1 is 1.15 bits per heavy atom. The van der Waals surface area contributed by atoms with Crippen LogP contribution in [-0.2, 0) is 9.59 Å². The van der Waals surface area contributed by atoms with Crippen LogP contribution in [0.2, 0.25) is 5.02 Å². The van der Waals surface area contributed by atoms with E-state index in [1.165, 1.54) is 0 Å². The molecule has 27 heavy (non-hydrogen) atoms. The summed E-state index contributed by atoms with van der Waals surface area (Å²) in [6.45, 7) is 8.79. The van der Waals surface area contributed by atoms with E-state index in [0.29, 0.717) is 13.0 Å². The number of halogens is 1. The molecule has 0 bridgehead atoms. The molecule has 0 unspecified atom stereocenters. The normalized spacial score (nSPS) is 23.9. The van der Waals surface area contributed by atoms with Crippen LogP contribution in [0.1, 0.15) is 37.6 Å². The Labute approximate surface area is 171 Å². The van der Waals surface area contributed by atoms with Crippen molar-refractivity contribution in [3.8, 4) is 0 Å². The van der Waals surface area contributed by atoms with Gasteiger partial charge < -0.3 is 9.80 Å². The maximum atomic E-state index is 12.9. The van der Waals surface area contributed by atoms with Gasteiger partial charge in [0.25, 0.3) is 0 Å². The topological polar surface area (TPSA) is 43.9 Å². The predicted octanol–water partition coefficient (Wildman–Crippen LogP) is 3.25. The van der Waals surface area contributed by atoms with Gasteiger partial charge in [0.1, 0.15) is 5.37 Å². The molecule has 148 valence electrons. The lowest BCUT2D eigenvalue weighted by Crippen LogP contribution is -2.50. The summed E-state index contributed by atoms with van der Waals surface area (Å²) in [6, 6.07) is 7.82. The zero-order valence-corrected chi connectivity index (χ0v) is 17.6. The fraction of sp³-hybridized carbons (Fsp3) is 0.600. The highest BCUT2D eigenvalue weighted by Gasteiger charge is 2.40. The third-order valence-electron chi connectivity index (χ3n) is 5.36. The molecule has 0 spiro atoms. The Morgan fingerprint density at radius 3 is 2.48 bits per heavy atom. The van der Waals surface area contributed by atoms with Gasteiger partial charge in [-0.25, -0.2) is 0 Å². The van der Waals surface area contributed by atoms with Gasteiger partial charge in [-0.1, -0.05) is 43.6 Å². The van der Waals surface area contributed by atoms with Crippen LogP contribution in [0, 0.1) is 0 Å². The molecule has 2 aliphatic heterocycles. The van der Waals surface area contributed by atoms with E-state index in [2.05, 4.69) is 11.8 Å². The molecular formula is C20H28ClN3O2S. The molecule has 2 saturated heterocycles. The number of carbonyl (C=O) groups excluding carboxylic acids is 2. The fourth-order valence-electron chi connectivity index (χ4n) is 3.70. The second-order valence-electron chi connectivity index (χ2n) is 7.01. The summed E-state index contributed by atoms with van der Waals surface area (Å²) < 4.78 is 0. The standard InChI is InChI=1S/C20H28ClN3O2S/c1-3-17-19(26)24(20(27-17)15-7-5-6-8-16(15)21)14-11-22-9-12-23(13-10-22)18(25)4-2/h5-8,17,20H,3-4,9-14H2,1-2H3/t17-,20-/m0/s1. The molecule has 2 amide bonds. The molecule has 2 heterocycles. The lowest BCUT2D eigenvalue weighted by molar-refractivity contribution is -0.132. The second-order valence-corrected chi connectivity index (χ2v) is 8.71. The number of nitrogens with zero attached hydrogens (tertiary/aromatic N) is 3. The Hall–Kier alpha value is -1.24. The second kappa shape index (κ2) is 9.30. The molecule has 0 saturated carbocycles. The van der Waals surface area contributed by atoms with E-state index in [9.17, 15) is 9.59 Å². The van der Waals surface area contributed by atoms with Crippen LogP contribution in [0.4, 0.5) is 0 Å². The monoisotopic (exact) mass is 409 g/mol. The number of hydrogen-bond acceptors (Lipinski definition) is 4. The fourth-order valence-corrected chi connectivity index (χ4v) is 5.46. The van der Waals surface area contributed by atoms with Crippen molar-refractivity contribution >= 4 is 35.2 Å². The van der Waals surface area contributed by atoms with Gasteiger partial charge in [0.2, 0.25) is 11.8 Å². The van der Waals surface area contributed by atoms with Crippen LogP contribution in [0.3, 0.4) is 0 Å². The van der Waals surface area contributed by atoms with E-state index in [1.807, 2.05) is 41.0 Å². The van der Waals surface area contributed by atoms with Crippen molar-refractivity contribution in [1.82, 2.24) is 14.7 Å². The lowest BCUT2D eigenvalue weighted by atomic mass is 10.2.